The van der Waals surface area contributed by atoms with Gasteiger partial charge in [0.1, 0.15) is 16.0 Å². The molecule has 0 aliphatic carbocycles. The van der Waals surface area contributed by atoms with E-state index in [1.54, 1.807) is 26.0 Å². The van der Waals surface area contributed by atoms with Gasteiger partial charge < -0.3 is 0 Å². The predicted molar refractivity (Wildman–Crippen MR) is 87.5 cm³/mol. The molecule has 0 spiro atoms. The Hall–Kier alpha value is -1.50. The fourth-order valence-electron chi connectivity index (χ4n) is 2.73. The Bertz CT molecular complexity index is 926. The minimum absolute atomic E-state index is 0.102. The van der Waals surface area contributed by atoms with E-state index in [-0.39, 0.29) is 21.6 Å². The second kappa shape index (κ2) is 5.26. The number of nitrogens with zero attached hydrogens (tertiary/aromatic N) is 2. The van der Waals surface area contributed by atoms with Gasteiger partial charge in [0.05, 0.1) is 4.75 Å². The summed E-state index contributed by atoms with van der Waals surface area (Å²) in [6.07, 6.45) is 1.46. The van der Waals surface area contributed by atoms with Crippen molar-refractivity contribution in [1.29, 1.82) is 0 Å². The zero-order valence-electron chi connectivity index (χ0n) is 12.2. The molecule has 1 aliphatic rings. The second-order valence-corrected chi connectivity index (χ2v) is 9.04. The van der Waals surface area contributed by atoms with E-state index < -0.39 is 25.6 Å². The summed E-state index contributed by atoms with van der Waals surface area (Å²) in [4.78, 5) is 20.7. The van der Waals surface area contributed by atoms with Gasteiger partial charge in [0.15, 0.2) is 15.1 Å². The fourth-order valence-corrected chi connectivity index (χ4v) is 5.22. The van der Waals surface area contributed by atoms with Crippen LogP contribution in [-0.4, -0.2) is 24.2 Å². The Kier molecular flexibility index (Phi) is 3.74. The van der Waals surface area contributed by atoms with E-state index in [9.17, 15) is 13.2 Å². The van der Waals surface area contributed by atoms with Crippen LogP contribution in [0.3, 0.4) is 0 Å². The largest absolute Gasteiger partial charge is 0.291 e. The van der Waals surface area contributed by atoms with Crippen LogP contribution in [-0.2, 0) is 14.6 Å². The summed E-state index contributed by atoms with van der Waals surface area (Å²) in [5, 5.41) is -1.43. The quantitative estimate of drug-likeness (QED) is 0.719. The summed E-state index contributed by atoms with van der Waals surface area (Å²) in [7, 11) is -3.91. The second-order valence-electron chi connectivity index (χ2n) is 5.71. The number of pyridine rings is 2. The maximum absolute atomic E-state index is 13.1. The predicted octanol–water partition coefficient (Wildman–Crippen LogP) is 3.37. The summed E-state index contributed by atoms with van der Waals surface area (Å²) in [6, 6.07) is 6.05. The number of aromatic nitrogens is 2. The van der Waals surface area contributed by atoms with Crippen LogP contribution >= 0.6 is 23.2 Å². The number of sulfone groups is 1. The Balaban J connectivity index is 2.33. The van der Waals surface area contributed by atoms with Crippen LogP contribution in [0.2, 0.25) is 10.3 Å². The highest BCUT2D eigenvalue weighted by molar-refractivity contribution is 7.93. The lowest BCUT2D eigenvalue weighted by Crippen LogP contribution is -2.43. The lowest BCUT2D eigenvalue weighted by Gasteiger charge is -2.35. The molecule has 1 atom stereocenters. The number of carbonyl (C=O) groups excluding carboxylic acids is 1. The number of hydrogen-bond donors (Lipinski definition) is 0. The van der Waals surface area contributed by atoms with Crippen molar-refractivity contribution in [2.75, 3.05) is 0 Å². The van der Waals surface area contributed by atoms with Crippen molar-refractivity contribution >= 4 is 38.8 Å². The third-order valence-electron chi connectivity index (χ3n) is 4.08. The topological polar surface area (TPSA) is 77.0 Å². The Morgan fingerprint density at radius 2 is 1.87 bits per heavy atom. The molecule has 2 aromatic rings. The molecule has 8 heteroatoms. The molecule has 3 rings (SSSR count). The highest BCUT2D eigenvalue weighted by Gasteiger charge is 2.53. The van der Waals surface area contributed by atoms with Crippen molar-refractivity contribution in [2.24, 2.45) is 0 Å². The number of rotatable bonds is 1. The number of halogens is 2. The van der Waals surface area contributed by atoms with Gasteiger partial charge in [0.2, 0.25) is 5.78 Å². The molecule has 0 bridgehead atoms. The van der Waals surface area contributed by atoms with Crippen molar-refractivity contribution in [1.82, 2.24) is 9.97 Å². The van der Waals surface area contributed by atoms with E-state index in [1.165, 1.54) is 18.3 Å². The van der Waals surface area contributed by atoms with E-state index in [2.05, 4.69) is 9.97 Å². The van der Waals surface area contributed by atoms with E-state index in [4.69, 9.17) is 23.2 Å². The van der Waals surface area contributed by atoms with Gasteiger partial charge in [-0.3, -0.25) is 9.78 Å². The molecular weight excluding hydrogens is 359 g/mol. The van der Waals surface area contributed by atoms with Crippen molar-refractivity contribution in [3.63, 3.8) is 0 Å². The molecule has 0 fully saturated rings. The summed E-state index contributed by atoms with van der Waals surface area (Å²) >= 11 is 11.8. The van der Waals surface area contributed by atoms with Crippen molar-refractivity contribution in [3.8, 4) is 0 Å². The molecular formula is C15H12Cl2N2O3S. The van der Waals surface area contributed by atoms with Crippen LogP contribution in [0.25, 0.3) is 0 Å². The van der Waals surface area contributed by atoms with Crippen LogP contribution in [0, 0.1) is 0 Å². The summed E-state index contributed by atoms with van der Waals surface area (Å²) in [6.45, 7) is 3.11. The number of carbonyl (C=O) groups is 1. The molecule has 0 aromatic carbocycles. The molecule has 0 N–H and O–H groups in total. The lowest BCUT2D eigenvalue weighted by atomic mass is 9.95. The zero-order valence-corrected chi connectivity index (χ0v) is 14.6. The molecule has 1 unspecified atom stereocenters. The molecule has 0 amide bonds. The first-order chi connectivity index (χ1) is 10.7. The van der Waals surface area contributed by atoms with Crippen LogP contribution in [0.15, 0.2) is 30.5 Å². The van der Waals surface area contributed by atoms with E-state index in [0.29, 0.717) is 5.56 Å². The molecule has 23 heavy (non-hydrogen) atoms. The minimum Gasteiger partial charge on any atom is -0.291 e. The monoisotopic (exact) mass is 370 g/mol. The smallest absolute Gasteiger partial charge is 0.204 e. The first-order valence-corrected chi connectivity index (χ1v) is 9.03. The normalized spacial score (nSPS) is 21.7. The van der Waals surface area contributed by atoms with E-state index in [1.807, 2.05) is 0 Å². The average molecular weight is 371 g/mol. The van der Waals surface area contributed by atoms with E-state index >= 15 is 0 Å². The number of hydrogen-bond acceptors (Lipinski definition) is 5. The van der Waals surface area contributed by atoms with Crippen molar-refractivity contribution < 1.29 is 13.2 Å². The number of fused-ring (bicyclic) bond motifs is 1. The van der Waals surface area contributed by atoms with Gasteiger partial charge >= 0.3 is 0 Å². The van der Waals surface area contributed by atoms with Gasteiger partial charge in [-0.1, -0.05) is 35.3 Å². The lowest BCUT2D eigenvalue weighted by molar-refractivity contribution is 0.0975. The third-order valence-corrected chi connectivity index (χ3v) is 7.32. The highest BCUT2D eigenvalue weighted by Crippen LogP contribution is 2.47. The molecule has 0 saturated heterocycles. The molecule has 120 valence electrons. The standard InChI is InChI=1S/C15H12Cl2N2O3S/c1-15(2)9-4-3-7-18-11(9)12(20)13(23(15,21)22)8-5-6-10(16)19-14(8)17/h3-7,13H,1-2H3. The van der Waals surface area contributed by atoms with Gasteiger partial charge in [-0.25, -0.2) is 13.4 Å². The van der Waals surface area contributed by atoms with Crippen molar-refractivity contribution in [2.45, 2.75) is 23.8 Å². The summed E-state index contributed by atoms with van der Waals surface area (Å²) in [5.41, 5.74) is 0.646. The third kappa shape index (κ3) is 2.28. The Morgan fingerprint density at radius 3 is 2.52 bits per heavy atom. The first-order valence-electron chi connectivity index (χ1n) is 6.73. The summed E-state index contributed by atoms with van der Waals surface area (Å²) < 4.78 is 24.9. The van der Waals surface area contributed by atoms with Crippen LogP contribution in [0.5, 0.6) is 0 Å². The maximum atomic E-state index is 13.1. The van der Waals surface area contributed by atoms with Gasteiger partial charge in [0.25, 0.3) is 0 Å². The molecule has 2 aromatic heterocycles. The average Bonchev–Trinajstić information content (AvgIpc) is 2.48. The summed E-state index contributed by atoms with van der Waals surface area (Å²) in [5.74, 6) is -0.606. The molecule has 0 radical (unpaired) electrons. The Labute approximate surface area is 143 Å². The number of ketones is 1. The Morgan fingerprint density at radius 1 is 1.17 bits per heavy atom. The van der Waals surface area contributed by atoms with Crippen molar-refractivity contribution in [3.05, 3.63) is 57.6 Å². The minimum atomic E-state index is -3.91. The molecule has 1 aliphatic heterocycles. The molecule has 5 nitrogen and oxygen atoms in total. The first kappa shape index (κ1) is 16.4. The van der Waals surface area contributed by atoms with Crippen LogP contribution in [0.4, 0.5) is 0 Å². The van der Waals surface area contributed by atoms with E-state index in [0.717, 1.165) is 0 Å². The number of Topliss-reactive ketones (excluding diaryl/α,β-unsaturated/α-hetero) is 1. The fraction of sp³-hybridized carbons (Fsp3) is 0.267. The maximum Gasteiger partial charge on any atom is 0.204 e. The molecule has 3 heterocycles. The van der Waals surface area contributed by atoms with Gasteiger partial charge in [-0.2, -0.15) is 0 Å². The zero-order chi connectivity index (χ0) is 17.0. The van der Waals surface area contributed by atoms with Gasteiger partial charge in [0, 0.05) is 17.3 Å². The molecule has 0 saturated carbocycles. The SMILES string of the molecule is CC1(C)c2cccnc2C(=O)C(c2ccc(Cl)nc2Cl)S1(=O)=O. The van der Waals surface area contributed by atoms with Gasteiger partial charge in [-0.05, 0) is 26.0 Å². The van der Waals surface area contributed by atoms with Crippen LogP contribution < -0.4 is 0 Å². The highest BCUT2D eigenvalue weighted by atomic mass is 35.5. The van der Waals surface area contributed by atoms with Gasteiger partial charge in [-0.15, -0.1) is 0 Å². The van der Waals surface area contributed by atoms with Crippen LogP contribution in [0.1, 0.15) is 40.7 Å².